The molecule has 2 rings (SSSR count). The number of hydrogen-bond acceptors (Lipinski definition) is 3. The zero-order valence-electron chi connectivity index (χ0n) is 11.2. The summed E-state index contributed by atoms with van der Waals surface area (Å²) in [7, 11) is 0. The molecular weight excluding hydrogens is 216 g/mol. The molecule has 0 aromatic heterocycles. The first-order valence-electron chi connectivity index (χ1n) is 7.16. The number of ether oxygens (including phenoxy) is 3. The van der Waals surface area contributed by atoms with Gasteiger partial charge in [-0.15, -0.1) is 0 Å². The Kier molecular flexibility index (Phi) is 5.26. The van der Waals surface area contributed by atoms with Crippen LogP contribution in [0.3, 0.4) is 0 Å². The quantitative estimate of drug-likeness (QED) is 0.655. The zero-order chi connectivity index (χ0) is 12.1. The molecule has 3 heteroatoms. The lowest BCUT2D eigenvalue weighted by Crippen LogP contribution is -2.39. The molecule has 2 fully saturated rings. The van der Waals surface area contributed by atoms with Gasteiger partial charge in [-0.3, -0.25) is 0 Å². The van der Waals surface area contributed by atoms with Crippen LogP contribution in [0.15, 0.2) is 0 Å². The van der Waals surface area contributed by atoms with Crippen LogP contribution in [0.5, 0.6) is 0 Å². The van der Waals surface area contributed by atoms with Crippen LogP contribution in [-0.4, -0.2) is 38.6 Å². The van der Waals surface area contributed by atoms with Gasteiger partial charge in [-0.05, 0) is 25.7 Å². The monoisotopic (exact) mass is 242 g/mol. The van der Waals surface area contributed by atoms with Gasteiger partial charge in [0.05, 0.1) is 25.4 Å². The van der Waals surface area contributed by atoms with Gasteiger partial charge >= 0.3 is 0 Å². The van der Waals surface area contributed by atoms with Crippen molar-refractivity contribution in [1.29, 1.82) is 0 Å². The molecule has 2 aliphatic rings. The van der Waals surface area contributed by atoms with Crippen molar-refractivity contribution in [3.63, 3.8) is 0 Å². The van der Waals surface area contributed by atoms with Gasteiger partial charge in [-0.2, -0.15) is 0 Å². The summed E-state index contributed by atoms with van der Waals surface area (Å²) in [5, 5.41) is 0. The molecule has 2 saturated heterocycles. The molecule has 0 aromatic rings. The van der Waals surface area contributed by atoms with E-state index >= 15 is 0 Å². The molecule has 2 heterocycles. The van der Waals surface area contributed by atoms with Crippen molar-refractivity contribution in [1.82, 2.24) is 0 Å². The van der Waals surface area contributed by atoms with Crippen molar-refractivity contribution in [2.45, 2.75) is 51.7 Å². The van der Waals surface area contributed by atoms with E-state index in [2.05, 4.69) is 13.8 Å². The van der Waals surface area contributed by atoms with Gasteiger partial charge in [0.25, 0.3) is 0 Å². The van der Waals surface area contributed by atoms with Crippen LogP contribution in [0, 0.1) is 11.8 Å². The molecule has 0 spiro atoms. The highest BCUT2D eigenvalue weighted by atomic mass is 16.5. The second-order valence-corrected chi connectivity index (χ2v) is 5.27. The lowest BCUT2D eigenvalue weighted by atomic mass is 9.94. The van der Waals surface area contributed by atoms with Crippen molar-refractivity contribution in [2.75, 3.05) is 26.4 Å². The summed E-state index contributed by atoms with van der Waals surface area (Å²) in [4.78, 5) is 0. The first kappa shape index (κ1) is 13.3. The van der Waals surface area contributed by atoms with E-state index in [-0.39, 0.29) is 0 Å². The summed E-state index contributed by atoms with van der Waals surface area (Å²) in [6.07, 6.45) is 5.65. The molecule has 0 radical (unpaired) electrons. The fraction of sp³-hybridized carbons (Fsp3) is 1.00. The maximum atomic E-state index is 5.89. The van der Waals surface area contributed by atoms with E-state index in [1.54, 1.807) is 0 Å². The van der Waals surface area contributed by atoms with Gasteiger partial charge in [-0.1, -0.05) is 13.8 Å². The molecule has 0 bridgehead atoms. The minimum absolute atomic E-state index is 0.458. The van der Waals surface area contributed by atoms with Crippen LogP contribution < -0.4 is 0 Å². The summed E-state index contributed by atoms with van der Waals surface area (Å²) in [5.74, 6) is 1.17. The Bertz CT molecular complexity index is 190. The average molecular weight is 242 g/mol. The summed E-state index contributed by atoms with van der Waals surface area (Å²) in [5.41, 5.74) is 0. The van der Waals surface area contributed by atoms with E-state index in [9.17, 15) is 0 Å². The summed E-state index contributed by atoms with van der Waals surface area (Å²) in [6, 6.07) is 0. The van der Waals surface area contributed by atoms with E-state index in [0.29, 0.717) is 24.0 Å². The Morgan fingerprint density at radius 3 is 1.59 bits per heavy atom. The molecule has 4 unspecified atom stereocenters. The molecule has 0 saturated carbocycles. The van der Waals surface area contributed by atoms with E-state index in [0.717, 1.165) is 39.3 Å². The first-order valence-corrected chi connectivity index (χ1v) is 7.16. The molecule has 0 amide bonds. The van der Waals surface area contributed by atoms with Gasteiger partial charge in [0.1, 0.15) is 0 Å². The molecular formula is C14H26O3. The fourth-order valence-electron chi connectivity index (χ4n) is 2.60. The number of rotatable bonds is 8. The predicted octanol–water partition coefficient (Wildman–Crippen LogP) is 2.63. The van der Waals surface area contributed by atoms with Gasteiger partial charge in [0.2, 0.25) is 0 Å². The van der Waals surface area contributed by atoms with Crippen LogP contribution in [0.2, 0.25) is 0 Å². The molecule has 0 N–H and O–H groups in total. The zero-order valence-corrected chi connectivity index (χ0v) is 11.2. The van der Waals surface area contributed by atoms with Gasteiger partial charge in [-0.25, -0.2) is 0 Å². The third kappa shape index (κ3) is 3.43. The molecule has 17 heavy (non-hydrogen) atoms. The van der Waals surface area contributed by atoms with Crippen molar-refractivity contribution >= 4 is 0 Å². The van der Waals surface area contributed by atoms with Crippen molar-refractivity contribution in [2.24, 2.45) is 11.8 Å². The summed E-state index contributed by atoms with van der Waals surface area (Å²) in [6.45, 7) is 8.03. The summed E-state index contributed by atoms with van der Waals surface area (Å²) < 4.78 is 17.0. The Hall–Kier alpha value is -0.120. The van der Waals surface area contributed by atoms with Crippen molar-refractivity contribution in [3.05, 3.63) is 0 Å². The van der Waals surface area contributed by atoms with Crippen molar-refractivity contribution in [3.8, 4) is 0 Å². The van der Waals surface area contributed by atoms with E-state index in [1.807, 2.05) is 0 Å². The van der Waals surface area contributed by atoms with Crippen LogP contribution in [0.1, 0.15) is 39.5 Å². The second kappa shape index (κ2) is 6.72. The maximum Gasteiger partial charge on any atom is 0.0647 e. The minimum atomic E-state index is 0.458. The van der Waals surface area contributed by atoms with Crippen molar-refractivity contribution < 1.29 is 14.2 Å². The third-order valence-corrected chi connectivity index (χ3v) is 4.23. The Morgan fingerprint density at radius 2 is 1.35 bits per heavy atom. The van der Waals surface area contributed by atoms with Crippen LogP contribution in [0.4, 0.5) is 0 Å². The molecule has 0 aromatic carbocycles. The fourth-order valence-corrected chi connectivity index (χ4v) is 2.60. The normalized spacial score (nSPS) is 31.4. The van der Waals surface area contributed by atoms with Gasteiger partial charge < -0.3 is 14.2 Å². The highest BCUT2D eigenvalue weighted by Crippen LogP contribution is 2.26. The Labute approximate surface area is 105 Å². The van der Waals surface area contributed by atoms with Gasteiger partial charge in [0.15, 0.2) is 0 Å². The Morgan fingerprint density at radius 1 is 0.941 bits per heavy atom. The SMILES string of the molecule is CCC(COCC(CC)C1CCO1)C1CCO1. The van der Waals surface area contributed by atoms with E-state index in [4.69, 9.17) is 14.2 Å². The lowest BCUT2D eigenvalue weighted by Gasteiger charge is -2.35. The molecule has 0 aliphatic carbocycles. The average Bonchev–Trinajstić information content (AvgIpc) is 2.20. The smallest absolute Gasteiger partial charge is 0.0647 e. The standard InChI is InChI=1S/C14H26O3/c1-3-11(13-5-7-16-13)9-15-10-12(4-2)14-6-8-17-14/h11-14H,3-10H2,1-2H3. The van der Waals surface area contributed by atoms with Crippen LogP contribution >= 0.6 is 0 Å². The lowest BCUT2D eigenvalue weighted by molar-refractivity contribution is -0.123. The first-order chi connectivity index (χ1) is 8.35. The highest BCUT2D eigenvalue weighted by Gasteiger charge is 2.29. The van der Waals surface area contributed by atoms with Gasteiger partial charge in [0, 0.05) is 25.0 Å². The largest absolute Gasteiger partial charge is 0.381 e. The molecule has 2 aliphatic heterocycles. The van der Waals surface area contributed by atoms with E-state index in [1.165, 1.54) is 12.8 Å². The topological polar surface area (TPSA) is 27.7 Å². The Balaban J connectivity index is 1.62. The highest BCUT2D eigenvalue weighted by molar-refractivity contribution is 4.77. The third-order valence-electron chi connectivity index (χ3n) is 4.23. The molecule has 4 atom stereocenters. The molecule has 100 valence electrons. The minimum Gasteiger partial charge on any atom is -0.381 e. The van der Waals surface area contributed by atoms with Crippen LogP contribution in [-0.2, 0) is 14.2 Å². The summed E-state index contributed by atoms with van der Waals surface area (Å²) >= 11 is 0. The second-order valence-electron chi connectivity index (χ2n) is 5.27. The van der Waals surface area contributed by atoms with E-state index < -0.39 is 0 Å². The molecule has 3 nitrogen and oxygen atoms in total. The maximum absolute atomic E-state index is 5.89. The predicted molar refractivity (Wildman–Crippen MR) is 67.1 cm³/mol. The number of hydrogen-bond donors (Lipinski definition) is 0. The van der Waals surface area contributed by atoms with Crippen LogP contribution in [0.25, 0.3) is 0 Å².